The van der Waals surface area contributed by atoms with Crippen LogP contribution in [-0.4, -0.2) is 29.6 Å². The molecule has 1 aromatic carbocycles. The molecule has 6 heteroatoms. The number of aromatic nitrogens is 2. The van der Waals surface area contributed by atoms with Gasteiger partial charge in [0.1, 0.15) is 5.69 Å². The van der Waals surface area contributed by atoms with E-state index in [1.165, 1.54) is 0 Å². The van der Waals surface area contributed by atoms with Gasteiger partial charge in [-0.15, -0.1) is 0 Å². The first kappa shape index (κ1) is 12.8. The maximum Gasteiger partial charge on any atom is 0.251 e. The monoisotopic (exact) mass is 266 g/mol. The summed E-state index contributed by atoms with van der Waals surface area (Å²) in [6.07, 6.45) is 1.07. The second-order valence-electron chi connectivity index (χ2n) is 4.49. The number of hydrogen-bond donors (Lipinski definition) is 0. The molecule has 0 radical (unpaired) electrons. The van der Waals surface area contributed by atoms with Gasteiger partial charge in [0, 0.05) is 11.3 Å². The summed E-state index contributed by atoms with van der Waals surface area (Å²) in [5.74, 6) is -0.384. The van der Waals surface area contributed by atoms with E-state index in [-0.39, 0.29) is 17.4 Å². The van der Waals surface area contributed by atoms with E-state index in [4.69, 9.17) is 0 Å². The summed E-state index contributed by atoms with van der Waals surface area (Å²) in [7, 11) is -3.51. The molecule has 0 aliphatic carbocycles. The lowest BCUT2D eigenvalue weighted by Gasteiger charge is -1.99. The first-order valence-corrected chi connectivity index (χ1v) is 7.39. The number of carbonyl (C=O) groups excluding carboxylic acids is 1. The molecular formula is C12H14N2O3S. The minimum absolute atomic E-state index is 0.159. The lowest BCUT2D eigenvalue weighted by Crippen LogP contribution is -2.14. The molecule has 0 aliphatic heterocycles. The molecule has 96 valence electrons. The number of Topliss-reactive ketones (excluding diaryl/α,β-unsaturated/α-hetero) is 1. The molecule has 0 spiro atoms. The van der Waals surface area contributed by atoms with Gasteiger partial charge in [0.2, 0.25) is 0 Å². The van der Waals surface area contributed by atoms with Gasteiger partial charge in [-0.25, -0.2) is 8.42 Å². The van der Waals surface area contributed by atoms with E-state index in [2.05, 4.69) is 5.10 Å². The van der Waals surface area contributed by atoms with Crippen molar-refractivity contribution < 1.29 is 13.2 Å². The average Bonchev–Trinajstić information content (AvgIpc) is 2.66. The molecule has 2 aromatic rings. The van der Waals surface area contributed by atoms with Gasteiger partial charge in [-0.3, -0.25) is 4.79 Å². The molecule has 0 N–H and O–H groups in total. The van der Waals surface area contributed by atoms with Crippen molar-refractivity contribution in [3.63, 3.8) is 0 Å². The topological polar surface area (TPSA) is 69.0 Å². The summed E-state index contributed by atoms with van der Waals surface area (Å²) < 4.78 is 24.2. The second-order valence-corrected chi connectivity index (χ2v) is 6.30. The Morgan fingerprint density at radius 1 is 1.28 bits per heavy atom. The number of nitrogens with zero attached hydrogens (tertiary/aromatic N) is 2. The van der Waals surface area contributed by atoms with Crippen LogP contribution in [0.5, 0.6) is 0 Å². The molecule has 0 bridgehead atoms. The number of para-hydroxylation sites is 1. The van der Waals surface area contributed by atoms with Gasteiger partial charge in [-0.1, -0.05) is 32.0 Å². The van der Waals surface area contributed by atoms with E-state index in [9.17, 15) is 13.2 Å². The zero-order valence-electron chi connectivity index (χ0n) is 10.4. The predicted octanol–water partition coefficient (Wildman–Crippen LogP) is 1.68. The van der Waals surface area contributed by atoms with Crippen LogP contribution < -0.4 is 0 Å². The van der Waals surface area contributed by atoms with E-state index in [0.717, 1.165) is 10.3 Å². The fraction of sp³-hybridized carbons (Fsp3) is 0.333. The van der Waals surface area contributed by atoms with Crippen molar-refractivity contribution in [3.05, 3.63) is 30.0 Å². The molecular weight excluding hydrogens is 252 g/mol. The van der Waals surface area contributed by atoms with Crippen LogP contribution >= 0.6 is 0 Å². The fourth-order valence-corrected chi connectivity index (χ4v) is 2.49. The Balaban J connectivity index is 2.82. The van der Waals surface area contributed by atoms with Crippen LogP contribution in [0, 0.1) is 5.92 Å². The van der Waals surface area contributed by atoms with Gasteiger partial charge in [-0.2, -0.15) is 9.19 Å². The highest BCUT2D eigenvalue weighted by molar-refractivity contribution is 7.89. The van der Waals surface area contributed by atoms with E-state index in [1.807, 2.05) is 0 Å². The summed E-state index contributed by atoms with van der Waals surface area (Å²) in [5, 5.41) is 4.53. The van der Waals surface area contributed by atoms with Crippen LogP contribution in [0.15, 0.2) is 24.3 Å². The summed E-state index contributed by atoms with van der Waals surface area (Å²) in [4.78, 5) is 12.0. The molecule has 0 saturated carbocycles. The Morgan fingerprint density at radius 2 is 1.89 bits per heavy atom. The molecule has 0 aliphatic rings. The lowest BCUT2D eigenvalue weighted by atomic mass is 10.0. The molecule has 1 aromatic heterocycles. The highest BCUT2D eigenvalue weighted by atomic mass is 32.2. The van der Waals surface area contributed by atoms with Gasteiger partial charge in [0.15, 0.2) is 5.78 Å². The first-order valence-electron chi connectivity index (χ1n) is 5.55. The first-order chi connectivity index (χ1) is 8.32. The van der Waals surface area contributed by atoms with Crippen molar-refractivity contribution in [2.24, 2.45) is 5.92 Å². The SMILES string of the molecule is CC(C)C(=O)c1nn(S(C)(=O)=O)c2ccccc12. The van der Waals surface area contributed by atoms with Crippen molar-refractivity contribution in [1.82, 2.24) is 9.19 Å². The van der Waals surface area contributed by atoms with E-state index in [1.54, 1.807) is 38.1 Å². The van der Waals surface area contributed by atoms with Crippen LogP contribution in [0.1, 0.15) is 24.3 Å². The quantitative estimate of drug-likeness (QED) is 0.793. The van der Waals surface area contributed by atoms with Crippen LogP contribution in [0.2, 0.25) is 0 Å². The predicted molar refractivity (Wildman–Crippen MR) is 69.1 cm³/mol. The van der Waals surface area contributed by atoms with Gasteiger partial charge < -0.3 is 0 Å². The fourth-order valence-electron chi connectivity index (χ4n) is 1.75. The highest BCUT2D eigenvalue weighted by Crippen LogP contribution is 2.21. The molecule has 2 rings (SSSR count). The third kappa shape index (κ3) is 2.03. The largest absolute Gasteiger partial charge is 0.292 e. The van der Waals surface area contributed by atoms with Crippen LogP contribution in [0.4, 0.5) is 0 Å². The van der Waals surface area contributed by atoms with Crippen molar-refractivity contribution in [2.75, 3.05) is 6.26 Å². The van der Waals surface area contributed by atoms with Crippen molar-refractivity contribution >= 4 is 26.7 Å². The normalized spacial score (nSPS) is 12.2. The van der Waals surface area contributed by atoms with E-state index < -0.39 is 10.0 Å². The number of benzene rings is 1. The van der Waals surface area contributed by atoms with Crippen LogP contribution in [0.3, 0.4) is 0 Å². The molecule has 1 heterocycles. The van der Waals surface area contributed by atoms with Gasteiger partial charge in [0.25, 0.3) is 10.0 Å². The third-order valence-corrected chi connectivity index (χ3v) is 3.53. The molecule has 5 nitrogen and oxygen atoms in total. The van der Waals surface area contributed by atoms with Crippen molar-refractivity contribution in [1.29, 1.82) is 0 Å². The summed E-state index contributed by atoms with van der Waals surface area (Å²) in [6, 6.07) is 6.82. The summed E-state index contributed by atoms with van der Waals surface area (Å²) in [6.45, 7) is 3.52. The Kier molecular flexibility index (Phi) is 2.98. The Hall–Kier alpha value is -1.69. The number of ketones is 1. The Labute approximate surface area is 105 Å². The van der Waals surface area contributed by atoms with Gasteiger partial charge in [0.05, 0.1) is 11.8 Å². The number of fused-ring (bicyclic) bond motifs is 1. The zero-order valence-corrected chi connectivity index (χ0v) is 11.2. The Morgan fingerprint density at radius 3 is 2.44 bits per heavy atom. The number of rotatable bonds is 3. The molecule has 0 saturated heterocycles. The standard InChI is InChI=1S/C12H14N2O3S/c1-8(2)12(15)11-9-6-4-5-7-10(9)14(13-11)18(3,16)17/h4-8H,1-3H3. The molecule has 0 atom stereocenters. The van der Waals surface area contributed by atoms with E-state index >= 15 is 0 Å². The maximum atomic E-state index is 12.0. The zero-order chi connectivity index (χ0) is 13.5. The van der Waals surface area contributed by atoms with Crippen LogP contribution in [-0.2, 0) is 10.0 Å². The number of hydrogen-bond acceptors (Lipinski definition) is 4. The average molecular weight is 266 g/mol. The van der Waals surface area contributed by atoms with Crippen LogP contribution in [0.25, 0.3) is 10.9 Å². The minimum Gasteiger partial charge on any atom is -0.292 e. The Bertz CT molecular complexity index is 714. The molecule has 18 heavy (non-hydrogen) atoms. The second kappa shape index (κ2) is 4.20. The van der Waals surface area contributed by atoms with Gasteiger partial charge in [-0.05, 0) is 6.07 Å². The third-order valence-electron chi connectivity index (χ3n) is 2.63. The van der Waals surface area contributed by atoms with Crippen molar-refractivity contribution in [2.45, 2.75) is 13.8 Å². The van der Waals surface area contributed by atoms with E-state index in [0.29, 0.717) is 10.9 Å². The lowest BCUT2D eigenvalue weighted by molar-refractivity contribution is 0.0936. The molecule has 0 fully saturated rings. The summed E-state index contributed by atoms with van der Waals surface area (Å²) in [5.41, 5.74) is 0.648. The van der Waals surface area contributed by atoms with Crippen molar-refractivity contribution in [3.8, 4) is 0 Å². The van der Waals surface area contributed by atoms with Gasteiger partial charge >= 0.3 is 0 Å². The molecule has 0 amide bonds. The molecule has 0 unspecified atom stereocenters. The number of carbonyl (C=O) groups is 1. The maximum absolute atomic E-state index is 12.0. The minimum atomic E-state index is -3.51. The summed E-state index contributed by atoms with van der Waals surface area (Å²) >= 11 is 0. The highest BCUT2D eigenvalue weighted by Gasteiger charge is 2.22. The smallest absolute Gasteiger partial charge is 0.251 e.